The van der Waals surface area contributed by atoms with E-state index >= 15 is 0 Å². The molecule has 3 aromatic carbocycles. The van der Waals surface area contributed by atoms with E-state index in [2.05, 4.69) is 10.2 Å². The number of phenols is 1. The number of benzene rings is 3. The van der Waals surface area contributed by atoms with Crippen molar-refractivity contribution in [2.24, 2.45) is 5.73 Å². The van der Waals surface area contributed by atoms with E-state index in [4.69, 9.17) is 15.2 Å². The van der Waals surface area contributed by atoms with Crippen LogP contribution in [0.1, 0.15) is 48.0 Å². The first-order valence-electron chi connectivity index (χ1n) is 15.1. The van der Waals surface area contributed by atoms with E-state index < -0.39 is 12.2 Å². The van der Waals surface area contributed by atoms with Gasteiger partial charge in [-0.2, -0.15) is 0 Å². The Morgan fingerprint density at radius 3 is 2.41 bits per heavy atom. The molecular weight excluding hydrogens is 578 g/mol. The van der Waals surface area contributed by atoms with Crippen molar-refractivity contribution < 1.29 is 29.3 Å². The van der Waals surface area contributed by atoms with E-state index in [0.29, 0.717) is 42.9 Å². The van der Waals surface area contributed by atoms with E-state index in [1.54, 1.807) is 54.6 Å². The minimum Gasteiger partial charge on any atom is -0.508 e. The van der Waals surface area contributed by atoms with Crippen molar-refractivity contribution in [2.75, 3.05) is 39.3 Å². The number of nitrogens with one attached hydrogen (secondary N) is 1. The summed E-state index contributed by atoms with van der Waals surface area (Å²) in [6, 6.07) is 19.2. The van der Waals surface area contributed by atoms with Gasteiger partial charge in [0.2, 0.25) is 0 Å². The first kappa shape index (κ1) is 31.5. The average Bonchev–Trinajstić information content (AvgIpc) is 3.41. The molecule has 1 aliphatic heterocycles. The Bertz CT molecular complexity index is 1550. The largest absolute Gasteiger partial charge is 0.508 e. The predicted octanol–water partition coefficient (Wildman–Crippen LogP) is 5.56. The first-order valence-corrected chi connectivity index (χ1v) is 15.9. The van der Waals surface area contributed by atoms with Crippen LogP contribution in [-0.2, 0) is 0 Å². The quantitative estimate of drug-likeness (QED) is 0.143. The third-order valence-corrected chi connectivity index (χ3v) is 8.92. The van der Waals surface area contributed by atoms with Crippen molar-refractivity contribution in [1.82, 2.24) is 10.2 Å². The summed E-state index contributed by atoms with van der Waals surface area (Å²) >= 11 is 1.41. The maximum absolute atomic E-state index is 14.0. The molecule has 10 heteroatoms. The highest BCUT2D eigenvalue weighted by atomic mass is 32.1. The number of fused-ring (bicyclic) bond motifs is 1. The van der Waals surface area contributed by atoms with Crippen LogP contribution in [0.3, 0.4) is 0 Å². The van der Waals surface area contributed by atoms with E-state index in [-0.39, 0.29) is 18.1 Å². The average molecular weight is 618 g/mol. The molecule has 1 saturated heterocycles. The molecule has 232 valence electrons. The fraction of sp³-hybridized carbons (Fsp3) is 0.353. The van der Waals surface area contributed by atoms with Crippen LogP contribution in [0.2, 0.25) is 0 Å². The number of aromatic hydroxyl groups is 1. The van der Waals surface area contributed by atoms with Gasteiger partial charge < -0.3 is 30.7 Å². The van der Waals surface area contributed by atoms with Crippen molar-refractivity contribution >= 4 is 33.3 Å². The molecule has 5 rings (SSSR count). The standard InChI is InChI=1S/C34H39N3O6S/c35-16-14-26(39)15-17-36-34(41)43-28-12-13-29-30(22-28)44-33(24-4-8-25(38)9-5-24)31(29)32(40)23-6-10-27(11-7-23)42-21-20-37-18-2-1-3-19-37/h4-13,22,26,38-39H,1-3,14-21,35H2,(H,36,41). The molecule has 44 heavy (non-hydrogen) atoms. The van der Waals surface area contributed by atoms with Crippen molar-refractivity contribution in [3.05, 3.63) is 77.9 Å². The maximum Gasteiger partial charge on any atom is 0.412 e. The SMILES string of the molecule is NCCC(O)CCNC(=O)Oc1ccc2c(C(=O)c3ccc(OCCN4CCCCC4)cc3)c(-c3ccc(O)cc3)sc2c1. The van der Waals surface area contributed by atoms with Gasteiger partial charge in [0.25, 0.3) is 0 Å². The van der Waals surface area contributed by atoms with Gasteiger partial charge in [0, 0.05) is 39.2 Å². The van der Waals surface area contributed by atoms with Crippen LogP contribution in [0.4, 0.5) is 4.79 Å². The molecule has 1 aliphatic rings. The number of aliphatic hydroxyl groups is 1. The number of nitrogens with two attached hydrogens (primary N) is 1. The van der Waals surface area contributed by atoms with Gasteiger partial charge in [-0.05, 0) is 118 Å². The second-order valence-electron chi connectivity index (χ2n) is 11.0. The van der Waals surface area contributed by atoms with Crippen LogP contribution in [0.15, 0.2) is 66.7 Å². The molecule has 5 N–H and O–H groups in total. The van der Waals surface area contributed by atoms with Crippen molar-refractivity contribution in [3.8, 4) is 27.7 Å². The molecule has 0 spiro atoms. The van der Waals surface area contributed by atoms with Crippen LogP contribution < -0.4 is 20.5 Å². The number of phenolic OH excluding ortho intramolecular Hbond substituents is 1. The van der Waals surface area contributed by atoms with Crippen LogP contribution in [0.5, 0.6) is 17.2 Å². The normalized spacial score (nSPS) is 14.3. The Balaban J connectivity index is 1.33. The highest BCUT2D eigenvalue weighted by Gasteiger charge is 2.22. The van der Waals surface area contributed by atoms with Crippen molar-refractivity contribution in [1.29, 1.82) is 0 Å². The number of nitrogens with zero attached hydrogens (tertiary/aromatic N) is 1. The van der Waals surface area contributed by atoms with Crippen LogP contribution in [-0.4, -0.2) is 72.4 Å². The Hall–Kier alpha value is -3.96. The molecular formula is C34H39N3O6S. The van der Waals surface area contributed by atoms with Gasteiger partial charge in [-0.25, -0.2) is 4.79 Å². The van der Waals surface area contributed by atoms with Gasteiger partial charge in [0.05, 0.1) is 6.10 Å². The third kappa shape index (κ3) is 8.15. The monoisotopic (exact) mass is 617 g/mol. The summed E-state index contributed by atoms with van der Waals surface area (Å²) in [5.74, 6) is 1.06. The van der Waals surface area contributed by atoms with Gasteiger partial charge in [0.15, 0.2) is 5.78 Å². The Kier molecular flexibility index (Phi) is 10.8. The van der Waals surface area contributed by atoms with Gasteiger partial charge in [-0.3, -0.25) is 9.69 Å². The fourth-order valence-electron chi connectivity index (χ4n) is 5.33. The highest BCUT2D eigenvalue weighted by molar-refractivity contribution is 7.22. The zero-order valence-electron chi connectivity index (χ0n) is 24.7. The Morgan fingerprint density at radius 1 is 0.955 bits per heavy atom. The molecule has 1 atom stereocenters. The summed E-state index contributed by atoms with van der Waals surface area (Å²) in [4.78, 5) is 29.5. The number of rotatable bonds is 13. The number of thiophene rings is 1. The lowest BCUT2D eigenvalue weighted by Crippen LogP contribution is -2.33. The zero-order chi connectivity index (χ0) is 30.9. The topological polar surface area (TPSA) is 134 Å². The zero-order valence-corrected chi connectivity index (χ0v) is 25.5. The molecule has 1 aromatic heterocycles. The highest BCUT2D eigenvalue weighted by Crippen LogP contribution is 2.41. The molecule has 0 radical (unpaired) electrons. The van der Waals surface area contributed by atoms with Gasteiger partial charge >= 0.3 is 6.09 Å². The second kappa shape index (κ2) is 15.2. The van der Waals surface area contributed by atoms with Gasteiger partial charge in [-0.1, -0.05) is 6.42 Å². The number of ketones is 1. The number of aliphatic hydroxyl groups excluding tert-OH is 1. The molecule has 1 unspecified atom stereocenters. The third-order valence-electron chi connectivity index (χ3n) is 7.72. The van der Waals surface area contributed by atoms with Crippen molar-refractivity contribution in [2.45, 2.75) is 38.2 Å². The summed E-state index contributed by atoms with van der Waals surface area (Å²) in [5, 5.41) is 23.0. The molecule has 9 nitrogen and oxygen atoms in total. The Morgan fingerprint density at radius 2 is 1.68 bits per heavy atom. The van der Waals surface area contributed by atoms with Gasteiger partial charge in [-0.15, -0.1) is 11.3 Å². The number of carbonyl (C=O) groups excluding carboxylic acids is 2. The van der Waals surface area contributed by atoms with Crippen molar-refractivity contribution in [3.63, 3.8) is 0 Å². The minimum absolute atomic E-state index is 0.135. The smallest absolute Gasteiger partial charge is 0.412 e. The van der Waals surface area contributed by atoms with Crippen LogP contribution >= 0.6 is 11.3 Å². The van der Waals surface area contributed by atoms with Crippen LogP contribution in [0.25, 0.3) is 20.5 Å². The number of ether oxygens (including phenoxy) is 2. The fourth-order valence-corrected chi connectivity index (χ4v) is 6.56. The summed E-state index contributed by atoms with van der Waals surface area (Å²) in [6.45, 7) is 4.37. The number of likely N-dealkylation sites (tertiary alicyclic amines) is 1. The van der Waals surface area contributed by atoms with Gasteiger partial charge in [0.1, 0.15) is 23.9 Å². The number of piperidine rings is 1. The van der Waals surface area contributed by atoms with Crippen LogP contribution in [0, 0.1) is 0 Å². The lowest BCUT2D eigenvalue weighted by atomic mass is 9.97. The molecule has 2 heterocycles. The molecule has 0 bridgehead atoms. The number of carbonyl (C=O) groups is 2. The summed E-state index contributed by atoms with van der Waals surface area (Å²) in [7, 11) is 0. The lowest BCUT2D eigenvalue weighted by Gasteiger charge is -2.26. The summed E-state index contributed by atoms with van der Waals surface area (Å²) < 4.78 is 12.2. The lowest BCUT2D eigenvalue weighted by molar-refractivity contribution is 0.104. The second-order valence-corrected chi connectivity index (χ2v) is 12.0. The van der Waals surface area contributed by atoms with E-state index in [1.165, 1.54) is 30.6 Å². The molecule has 1 fully saturated rings. The first-order chi connectivity index (χ1) is 21.4. The number of amides is 1. The summed E-state index contributed by atoms with van der Waals surface area (Å²) in [6.07, 6.45) is 3.42. The summed E-state index contributed by atoms with van der Waals surface area (Å²) in [5.41, 5.74) is 7.32. The predicted molar refractivity (Wildman–Crippen MR) is 173 cm³/mol. The van der Waals surface area contributed by atoms with E-state index in [1.807, 2.05) is 12.1 Å². The van der Waals surface area contributed by atoms with E-state index in [0.717, 1.165) is 45.9 Å². The molecule has 0 aliphatic carbocycles. The number of hydrogen-bond acceptors (Lipinski definition) is 9. The molecule has 4 aromatic rings. The molecule has 0 saturated carbocycles. The molecule has 1 amide bonds. The van der Waals surface area contributed by atoms with E-state index in [9.17, 15) is 19.8 Å². The Labute approximate surface area is 261 Å². The minimum atomic E-state index is -0.630. The number of hydrogen-bond donors (Lipinski definition) is 4. The maximum atomic E-state index is 14.0.